The largest absolute Gasteiger partial charge is 0.368 e. The Bertz CT molecular complexity index is 513. The Kier molecular flexibility index (Phi) is 2.71. The third kappa shape index (κ3) is 2.12. The molecule has 0 saturated heterocycles. The lowest BCUT2D eigenvalue weighted by molar-refractivity contribution is 0.303. The van der Waals surface area contributed by atoms with Crippen molar-refractivity contribution < 1.29 is 0 Å². The van der Waals surface area contributed by atoms with Gasteiger partial charge in [-0.1, -0.05) is 19.3 Å². The van der Waals surface area contributed by atoms with Crippen LogP contribution in [-0.4, -0.2) is 21.1 Å². The fourth-order valence-corrected chi connectivity index (χ4v) is 2.36. The molecule has 2 aromatic rings. The van der Waals surface area contributed by atoms with Crippen molar-refractivity contribution in [3.63, 3.8) is 0 Å². The van der Waals surface area contributed by atoms with Gasteiger partial charge in [0.05, 0.1) is 5.69 Å². The van der Waals surface area contributed by atoms with Gasteiger partial charge in [-0.2, -0.15) is 5.10 Å². The van der Waals surface area contributed by atoms with Gasteiger partial charge in [-0.3, -0.25) is 0 Å². The molecule has 0 radical (unpaired) electrons. The topological polar surface area (TPSA) is 42.2 Å². The van der Waals surface area contributed by atoms with Crippen LogP contribution in [0.15, 0.2) is 18.5 Å². The van der Waals surface area contributed by atoms with E-state index >= 15 is 0 Å². The molecule has 1 N–H and O–H groups in total. The van der Waals surface area contributed by atoms with Crippen molar-refractivity contribution in [2.24, 2.45) is 5.92 Å². The molecular formula is C13H18N4. The first-order valence-electron chi connectivity index (χ1n) is 6.38. The summed E-state index contributed by atoms with van der Waals surface area (Å²) in [6.45, 7) is 3.02. The van der Waals surface area contributed by atoms with Crippen LogP contribution in [-0.2, 0) is 0 Å². The number of hydrogen-bond donors (Lipinski definition) is 1. The second kappa shape index (κ2) is 4.35. The zero-order valence-corrected chi connectivity index (χ0v) is 10.2. The van der Waals surface area contributed by atoms with Crippen molar-refractivity contribution in [1.29, 1.82) is 0 Å². The average molecular weight is 230 g/mol. The minimum atomic E-state index is 0.939. The van der Waals surface area contributed by atoms with Crippen molar-refractivity contribution in [2.75, 3.05) is 11.9 Å². The Morgan fingerprint density at radius 2 is 2.35 bits per heavy atom. The predicted molar refractivity (Wildman–Crippen MR) is 68.2 cm³/mol. The highest BCUT2D eigenvalue weighted by Gasteiger charge is 2.16. The maximum atomic E-state index is 4.39. The van der Waals surface area contributed by atoms with Crippen LogP contribution in [0.25, 0.3) is 5.52 Å². The number of aromatic nitrogens is 3. The second-order valence-corrected chi connectivity index (χ2v) is 4.90. The number of rotatable bonds is 4. The first-order valence-corrected chi connectivity index (χ1v) is 6.38. The summed E-state index contributed by atoms with van der Waals surface area (Å²) < 4.78 is 1.88. The number of anilines is 1. The van der Waals surface area contributed by atoms with Gasteiger partial charge in [0.2, 0.25) is 0 Å². The van der Waals surface area contributed by atoms with E-state index in [1.165, 1.54) is 25.7 Å². The maximum Gasteiger partial charge on any atom is 0.152 e. The van der Waals surface area contributed by atoms with E-state index in [0.29, 0.717) is 0 Å². The summed E-state index contributed by atoms with van der Waals surface area (Å²) >= 11 is 0. The summed E-state index contributed by atoms with van der Waals surface area (Å²) in [5, 5.41) is 7.81. The van der Waals surface area contributed by atoms with Gasteiger partial charge in [-0.15, -0.1) is 0 Å². The van der Waals surface area contributed by atoms with Crippen LogP contribution in [0.5, 0.6) is 0 Å². The molecular weight excluding hydrogens is 212 g/mol. The quantitative estimate of drug-likeness (QED) is 0.878. The van der Waals surface area contributed by atoms with E-state index in [0.717, 1.165) is 29.5 Å². The highest BCUT2D eigenvalue weighted by molar-refractivity contribution is 5.67. The molecule has 2 heterocycles. The van der Waals surface area contributed by atoms with E-state index in [1.54, 1.807) is 6.20 Å². The molecule has 0 atom stereocenters. The molecule has 0 amide bonds. The average Bonchev–Trinajstić information content (AvgIpc) is 2.62. The Morgan fingerprint density at radius 3 is 3.12 bits per heavy atom. The summed E-state index contributed by atoms with van der Waals surface area (Å²) in [7, 11) is 0. The van der Waals surface area contributed by atoms with E-state index in [2.05, 4.69) is 21.5 Å². The van der Waals surface area contributed by atoms with E-state index in [1.807, 2.05) is 17.6 Å². The lowest BCUT2D eigenvalue weighted by Gasteiger charge is -2.25. The summed E-state index contributed by atoms with van der Waals surface area (Å²) in [6, 6.07) is 2.07. The van der Waals surface area contributed by atoms with E-state index in [9.17, 15) is 0 Å². The van der Waals surface area contributed by atoms with Crippen LogP contribution in [0.3, 0.4) is 0 Å². The molecule has 0 bridgehead atoms. The fourth-order valence-electron chi connectivity index (χ4n) is 2.36. The van der Waals surface area contributed by atoms with Gasteiger partial charge >= 0.3 is 0 Å². The molecule has 1 fully saturated rings. The molecule has 0 spiro atoms. The molecule has 1 aliphatic rings. The summed E-state index contributed by atoms with van der Waals surface area (Å²) in [6.07, 6.45) is 9.18. The van der Waals surface area contributed by atoms with E-state index in [4.69, 9.17) is 0 Å². The monoisotopic (exact) mass is 230 g/mol. The van der Waals surface area contributed by atoms with Gasteiger partial charge in [0, 0.05) is 18.9 Å². The number of aryl methyl sites for hydroxylation is 1. The van der Waals surface area contributed by atoms with Gasteiger partial charge in [0.1, 0.15) is 5.52 Å². The van der Waals surface area contributed by atoms with Crippen molar-refractivity contribution in [3.05, 3.63) is 24.2 Å². The van der Waals surface area contributed by atoms with Crippen LogP contribution in [0.1, 0.15) is 31.4 Å². The van der Waals surface area contributed by atoms with Gasteiger partial charge < -0.3 is 5.32 Å². The summed E-state index contributed by atoms with van der Waals surface area (Å²) in [5.74, 6) is 1.89. The maximum absolute atomic E-state index is 4.39. The molecule has 1 saturated carbocycles. The lowest BCUT2D eigenvalue weighted by atomic mass is 9.83. The van der Waals surface area contributed by atoms with Gasteiger partial charge in [0.15, 0.2) is 5.82 Å². The molecule has 4 nitrogen and oxygen atoms in total. The minimum absolute atomic E-state index is 0.939. The first-order chi connectivity index (χ1) is 8.33. The SMILES string of the molecule is Cc1cc2c(NCCC3CCC3)nccn2n1. The first kappa shape index (κ1) is 10.6. The van der Waals surface area contributed by atoms with Crippen LogP contribution < -0.4 is 5.32 Å². The Balaban J connectivity index is 1.70. The second-order valence-electron chi connectivity index (χ2n) is 4.90. The third-order valence-corrected chi connectivity index (χ3v) is 3.58. The third-order valence-electron chi connectivity index (χ3n) is 3.58. The minimum Gasteiger partial charge on any atom is -0.368 e. The van der Waals surface area contributed by atoms with Crippen molar-refractivity contribution in [1.82, 2.24) is 14.6 Å². The molecule has 3 rings (SSSR count). The molecule has 0 aromatic carbocycles. The predicted octanol–water partition coefficient (Wildman–Crippen LogP) is 2.64. The van der Waals surface area contributed by atoms with Crippen LogP contribution in [0.4, 0.5) is 5.82 Å². The Labute approximate surface area is 101 Å². The van der Waals surface area contributed by atoms with E-state index in [-0.39, 0.29) is 0 Å². The molecule has 0 aliphatic heterocycles. The van der Waals surface area contributed by atoms with Crippen molar-refractivity contribution in [3.8, 4) is 0 Å². The molecule has 4 heteroatoms. The van der Waals surface area contributed by atoms with Crippen LogP contribution in [0.2, 0.25) is 0 Å². The number of hydrogen-bond acceptors (Lipinski definition) is 3. The van der Waals surface area contributed by atoms with Crippen LogP contribution in [0, 0.1) is 12.8 Å². The lowest BCUT2D eigenvalue weighted by Crippen LogP contribution is -2.16. The fraction of sp³-hybridized carbons (Fsp3) is 0.538. The normalized spacial score (nSPS) is 16.1. The highest BCUT2D eigenvalue weighted by Crippen LogP contribution is 2.29. The smallest absolute Gasteiger partial charge is 0.152 e. The molecule has 2 aromatic heterocycles. The van der Waals surface area contributed by atoms with Crippen molar-refractivity contribution >= 4 is 11.3 Å². The zero-order valence-electron chi connectivity index (χ0n) is 10.2. The molecule has 1 aliphatic carbocycles. The molecule has 90 valence electrons. The summed E-state index contributed by atoms with van der Waals surface area (Å²) in [5.41, 5.74) is 2.10. The summed E-state index contributed by atoms with van der Waals surface area (Å²) in [4.78, 5) is 4.39. The number of nitrogens with one attached hydrogen (secondary N) is 1. The van der Waals surface area contributed by atoms with E-state index < -0.39 is 0 Å². The van der Waals surface area contributed by atoms with Crippen LogP contribution >= 0.6 is 0 Å². The zero-order chi connectivity index (χ0) is 11.7. The molecule has 0 unspecified atom stereocenters. The number of fused-ring (bicyclic) bond motifs is 1. The van der Waals surface area contributed by atoms with Gasteiger partial charge in [-0.05, 0) is 25.3 Å². The van der Waals surface area contributed by atoms with Gasteiger partial charge in [0.25, 0.3) is 0 Å². The highest BCUT2D eigenvalue weighted by atomic mass is 15.2. The Hall–Kier alpha value is -1.58. The molecule has 17 heavy (non-hydrogen) atoms. The number of nitrogens with zero attached hydrogens (tertiary/aromatic N) is 3. The van der Waals surface area contributed by atoms with Crippen molar-refractivity contribution in [2.45, 2.75) is 32.6 Å². The standard InChI is InChI=1S/C13H18N4/c1-10-9-12-13(15-7-8-17(12)16-10)14-6-5-11-3-2-4-11/h7-9,11H,2-6H2,1H3,(H,14,15). The van der Waals surface area contributed by atoms with Gasteiger partial charge in [-0.25, -0.2) is 9.50 Å². The Morgan fingerprint density at radius 1 is 1.47 bits per heavy atom.